The van der Waals surface area contributed by atoms with Crippen molar-refractivity contribution in [1.29, 1.82) is 0 Å². The van der Waals surface area contributed by atoms with Crippen LogP contribution in [-0.2, 0) is 9.59 Å². The molecule has 0 radical (unpaired) electrons. The van der Waals surface area contributed by atoms with Crippen LogP contribution in [0.5, 0.6) is 5.75 Å². The van der Waals surface area contributed by atoms with E-state index in [1.165, 1.54) is 24.2 Å². The minimum Gasteiger partial charge on any atom is -0.497 e. The lowest BCUT2D eigenvalue weighted by Gasteiger charge is -2.34. The second kappa shape index (κ2) is 11.3. The van der Waals surface area contributed by atoms with Gasteiger partial charge >= 0.3 is 0 Å². The first-order valence-corrected chi connectivity index (χ1v) is 11.7. The van der Waals surface area contributed by atoms with Crippen LogP contribution in [0, 0.1) is 5.92 Å². The smallest absolute Gasteiger partial charge is 0.277 e. The van der Waals surface area contributed by atoms with E-state index < -0.39 is 0 Å². The van der Waals surface area contributed by atoms with Gasteiger partial charge in [-0.2, -0.15) is 0 Å². The van der Waals surface area contributed by atoms with Crippen LogP contribution in [0.25, 0.3) is 5.57 Å². The molecule has 1 N–H and O–H groups in total. The van der Waals surface area contributed by atoms with Crippen LogP contribution in [0.2, 0.25) is 0 Å². The lowest BCUT2D eigenvalue weighted by molar-refractivity contribution is -0.137. The average Bonchev–Trinajstić information content (AvgIpc) is 3.06. The molecule has 170 valence electrons. The van der Waals surface area contributed by atoms with Crippen molar-refractivity contribution < 1.29 is 19.4 Å². The average molecular weight is 429 g/mol. The number of hydrogen-bond donors (Lipinski definition) is 1. The lowest BCUT2D eigenvalue weighted by Crippen LogP contribution is -2.40. The highest BCUT2D eigenvalue weighted by molar-refractivity contribution is 6.35. The van der Waals surface area contributed by atoms with E-state index in [4.69, 9.17) is 4.74 Å². The van der Waals surface area contributed by atoms with E-state index in [1.54, 1.807) is 7.11 Å². The summed E-state index contributed by atoms with van der Waals surface area (Å²) in [6, 6.07) is 7.34. The zero-order valence-electron chi connectivity index (χ0n) is 18.9. The minimum atomic E-state index is -0.204. The first-order valence-electron chi connectivity index (χ1n) is 11.7. The van der Waals surface area contributed by atoms with E-state index in [9.17, 15) is 14.7 Å². The van der Waals surface area contributed by atoms with Crippen molar-refractivity contribution in [1.82, 2.24) is 9.80 Å². The van der Waals surface area contributed by atoms with Crippen molar-refractivity contribution in [3.05, 3.63) is 35.5 Å². The van der Waals surface area contributed by atoms with Crippen LogP contribution in [-0.4, -0.2) is 60.1 Å². The van der Waals surface area contributed by atoms with Crippen molar-refractivity contribution in [2.45, 2.75) is 58.3 Å². The number of methoxy groups -OCH3 is 1. The van der Waals surface area contributed by atoms with Crippen molar-refractivity contribution in [2.24, 2.45) is 5.92 Å². The van der Waals surface area contributed by atoms with Gasteiger partial charge in [-0.1, -0.05) is 51.2 Å². The van der Waals surface area contributed by atoms with Crippen LogP contribution in [0.4, 0.5) is 0 Å². The maximum absolute atomic E-state index is 13.4. The van der Waals surface area contributed by atoms with Gasteiger partial charge in [0, 0.05) is 26.2 Å². The third-order valence-electron chi connectivity index (χ3n) is 6.35. The van der Waals surface area contributed by atoms with Gasteiger partial charge in [-0.25, -0.2) is 0 Å². The standard InChI is InChI=1S/C25H36N2O4/c1-3-4-5-6-7-8-16-27-24(29)22(20-11-13-21(31-2)14-12-20)23(25(27)30)26-15-9-10-19(17-26)18-28/h11-14,19,28H,3-10,15-18H2,1-2H3. The third-order valence-corrected chi connectivity index (χ3v) is 6.35. The molecule has 2 amide bonds. The summed E-state index contributed by atoms with van der Waals surface area (Å²) in [5.74, 6) is 0.451. The Balaban J connectivity index is 1.82. The Hall–Kier alpha value is -2.34. The van der Waals surface area contributed by atoms with Gasteiger partial charge in [0.25, 0.3) is 11.8 Å². The van der Waals surface area contributed by atoms with E-state index in [-0.39, 0.29) is 24.3 Å². The summed E-state index contributed by atoms with van der Waals surface area (Å²) >= 11 is 0. The number of rotatable bonds is 11. The molecule has 1 unspecified atom stereocenters. The number of carbonyl (C=O) groups excluding carboxylic acids is 2. The van der Waals surface area contributed by atoms with Crippen molar-refractivity contribution in [3.63, 3.8) is 0 Å². The number of hydrogen-bond acceptors (Lipinski definition) is 5. The molecule has 1 fully saturated rings. The van der Waals surface area contributed by atoms with Crippen molar-refractivity contribution in [3.8, 4) is 5.75 Å². The molecule has 3 rings (SSSR count). The molecule has 31 heavy (non-hydrogen) atoms. The monoisotopic (exact) mass is 428 g/mol. The number of nitrogens with zero attached hydrogens (tertiary/aromatic N) is 2. The number of likely N-dealkylation sites (tertiary alicyclic amines) is 1. The Morgan fingerprint density at radius 1 is 1.03 bits per heavy atom. The Morgan fingerprint density at radius 3 is 2.42 bits per heavy atom. The van der Waals surface area contributed by atoms with Gasteiger partial charge in [0.1, 0.15) is 11.4 Å². The first kappa shape index (κ1) is 23.3. The quantitative estimate of drug-likeness (QED) is 0.428. The highest BCUT2D eigenvalue weighted by Gasteiger charge is 2.42. The lowest BCUT2D eigenvalue weighted by atomic mass is 9.97. The summed E-state index contributed by atoms with van der Waals surface area (Å²) < 4.78 is 5.25. The normalized spacial score (nSPS) is 19.5. The number of benzene rings is 1. The van der Waals surface area contributed by atoms with Crippen molar-refractivity contribution >= 4 is 17.4 Å². The Kier molecular flexibility index (Phi) is 8.52. The second-order valence-corrected chi connectivity index (χ2v) is 8.62. The fourth-order valence-electron chi connectivity index (χ4n) is 4.55. The van der Waals surface area contributed by atoms with Gasteiger partial charge in [-0.3, -0.25) is 14.5 Å². The number of amides is 2. The van der Waals surface area contributed by atoms with Crippen molar-refractivity contribution in [2.75, 3.05) is 33.4 Å². The molecule has 0 aromatic heterocycles. The van der Waals surface area contributed by atoms with Crippen LogP contribution in [0.15, 0.2) is 30.0 Å². The van der Waals surface area contributed by atoms with Crippen LogP contribution in [0.1, 0.15) is 63.9 Å². The maximum atomic E-state index is 13.4. The molecule has 2 aliphatic rings. The maximum Gasteiger partial charge on any atom is 0.277 e. The van der Waals surface area contributed by atoms with Crippen LogP contribution in [0.3, 0.4) is 0 Å². The number of aliphatic hydroxyl groups excluding tert-OH is 1. The number of unbranched alkanes of at least 4 members (excludes halogenated alkanes) is 5. The highest BCUT2D eigenvalue weighted by atomic mass is 16.5. The zero-order valence-corrected chi connectivity index (χ0v) is 18.9. The summed E-state index contributed by atoms with van der Waals surface area (Å²) in [4.78, 5) is 30.2. The fourth-order valence-corrected chi connectivity index (χ4v) is 4.55. The molecular formula is C25H36N2O4. The Labute approximate surface area is 185 Å². The molecule has 2 aliphatic heterocycles. The molecule has 2 heterocycles. The SMILES string of the molecule is CCCCCCCCN1C(=O)C(c2ccc(OC)cc2)=C(N2CCCC(CO)C2)C1=O. The van der Waals surface area contributed by atoms with E-state index >= 15 is 0 Å². The minimum absolute atomic E-state index is 0.102. The van der Waals surface area contributed by atoms with Gasteiger partial charge in [0.15, 0.2) is 0 Å². The topological polar surface area (TPSA) is 70.1 Å². The van der Waals surface area contributed by atoms with E-state index in [0.29, 0.717) is 30.1 Å². The highest BCUT2D eigenvalue weighted by Crippen LogP contribution is 2.34. The number of carbonyl (C=O) groups is 2. The predicted molar refractivity (Wildman–Crippen MR) is 121 cm³/mol. The number of ether oxygens (including phenoxy) is 1. The summed E-state index contributed by atoms with van der Waals surface area (Å²) in [5, 5.41) is 9.65. The zero-order chi connectivity index (χ0) is 22.2. The van der Waals surface area contributed by atoms with Gasteiger partial charge in [-0.15, -0.1) is 0 Å². The van der Waals surface area contributed by atoms with E-state index in [2.05, 4.69) is 6.92 Å². The third kappa shape index (κ3) is 5.48. The molecule has 0 aliphatic carbocycles. The molecule has 0 bridgehead atoms. The first-order chi connectivity index (χ1) is 15.1. The molecule has 1 aromatic carbocycles. The fraction of sp³-hybridized carbons (Fsp3) is 0.600. The number of piperidine rings is 1. The van der Waals surface area contributed by atoms with E-state index in [0.717, 1.165) is 44.2 Å². The van der Waals surface area contributed by atoms with Gasteiger partial charge in [-0.05, 0) is 42.9 Å². The molecular weight excluding hydrogens is 392 g/mol. The Morgan fingerprint density at radius 2 is 1.74 bits per heavy atom. The molecule has 1 atom stereocenters. The molecule has 6 heteroatoms. The van der Waals surface area contributed by atoms with Crippen LogP contribution < -0.4 is 4.74 Å². The molecule has 1 aromatic rings. The summed E-state index contributed by atoms with van der Waals surface area (Å²) in [6.45, 7) is 4.09. The second-order valence-electron chi connectivity index (χ2n) is 8.62. The molecule has 0 saturated carbocycles. The number of aliphatic hydroxyl groups is 1. The van der Waals surface area contributed by atoms with Gasteiger partial charge < -0.3 is 14.7 Å². The number of imide groups is 1. The largest absolute Gasteiger partial charge is 0.497 e. The van der Waals surface area contributed by atoms with Gasteiger partial charge in [0.2, 0.25) is 0 Å². The van der Waals surface area contributed by atoms with Gasteiger partial charge in [0.05, 0.1) is 12.7 Å². The summed E-state index contributed by atoms with van der Waals surface area (Å²) in [5.41, 5.74) is 1.72. The predicted octanol–water partition coefficient (Wildman–Crippen LogP) is 3.84. The van der Waals surface area contributed by atoms with Crippen LogP contribution >= 0.6 is 0 Å². The van der Waals surface area contributed by atoms with E-state index in [1.807, 2.05) is 29.2 Å². The summed E-state index contributed by atoms with van der Waals surface area (Å²) in [6.07, 6.45) is 8.49. The summed E-state index contributed by atoms with van der Waals surface area (Å²) in [7, 11) is 1.61. The molecule has 0 spiro atoms. The molecule has 6 nitrogen and oxygen atoms in total. The molecule has 1 saturated heterocycles. The Bertz CT molecular complexity index is 787.